The molecule has 1 aromatic rings. The standard InChI is InChI=1S/C22H28N2O4/c1-2-3-4-9-20-15-27-16-21(28-20)22(26)23-12-19(25)14-24-11-10-17-7-5-6-8-18(17)13-24/h2-9,19,21,25H,1,10-16H2,(H,23,26)/b4-3-,20-9+/t19-,21?/m0/s1. The molecular weight excluding hydrogens is 356 g/mol. The summed E-state index contributed by atoms with van der Waals surface area (Å²) in [5.74, 6) is 0.318. The average molecular weight is 384 g/mol. The molecule has 150 valence electrons. The van der Waals surface area contributed by atoms with Crippen LogP contribution in [0.1, 0.15) is 11.1 Å². The first-order valence-electron chi connectivity index (χ1n) is 9.63. The first-order chi connectivity index (χ1) is 13.7. The van der Waals surface area contributed by atoms with Gasteiger partial charge in [-0.2, -0.15) is 0 Å². The maximum absolute atomic E-state index is 12.3. The van der Waals surface area contributed by atoms with E-state index < -0.39 is 12.2 Å². The van der Waals surface area contributed by atoms with E-state index in [4.69, 9.17) is 9.47 Å². The fourth-order valence-corrected chi connectivity index (χ4v) is 3.38. The number of nitrogens with one attached hydrogen (secondary N) is 1. The zero-order valence-corrected chi connectivity index (χ0v) is 16.0. The molecule has 2 N–H and O–H groups in total. The van der Waals surface area contributed by atoms with E-state index in [9.17, 15) is 9.90 Å². The molecule has 3 rings (SSSR count). The third kappa shape index (κ3) is 5.79. The molecule has 2 aliphatic heterocycles. The maximum atomic E-state index is 12.3. The van der Waals surface area contributed by atoms with Crippen LogP contribution in [0.3, 0.4) is 0 Å². The van der Waals surface area contributed by atoms with Crippen molar-refractivity contribution in [1.82, 2.24) is 10.2 Å². The van der Waals surface area contributed by atoms with Gasteiger partial charge in [-0.05, 0) is 23.6 Å². The van der Waals surface area contributed by atoms with E-state index in [-0.39, 0.29) is 19.1 Å². The lowest BCUT2D eigenvalue weighted by atomic mass is 10.00. The second-order valence-corrected chi connectivity index (χ2v) is 7.03. The Labute approximate surface area is 166 Å². The summed E-state index contributed by atoms with van der Waals surface area (Å²) in [6, 6.07) is 8.39. The topological polar surface area (TPSA) is 71.0 Å². The highest BCUT2D eigenvalue weighted by Gasteiger charge is 2.26. The van der Waals surface area contributed by atoms with Gasteiger partial charge in [0.15, 0.2) is 6.10 Å². The van der Waals surface area contributed by atoms with Gasteiger partial charge >= 0.3 is 0 Å². The quantitative estimate of drug-likeness (QED) is 0.699. The SMILES string of the molecule is C=C/C=C\C=C1/COCC(C(=O)NC[C@H](O)CN2CCc3ccccc3C2)O1. The molecule has 2 atom stereocenters. The number of carbonyl (C=O) groups excluding carboxylic acids is 1. The Balaban J connectivity index is 1.42. The molecule has 6 nitrogen and oxygen atoms in total. The smallest absolute Gasteiger partial charge is 0.263 e. The molecule has 0 aliphatic carbocycles. The highest BCUT2D eigenvalue weighted by atomic mass is 16.6. The summed E-state index contributed by atoms with van der Waals surface area (Å²) in [6.07, 6.45) is 6.62. The molecule has 1 saturated heterocycles. The normalized spacial score (nSPS) is 22.5. The first kappa shape index (κ1) is 20.3. The van der Waals surface area contributed by atoms with Crippen LogP contribution in [0.25, 0.3) is 0 Å². The minimum absolute atomic E-state index is 0.187. The minimum Gasteiger partial charge on any atom is -0.480 e. The molecule has 0 spiro atoms. The molecule has 1 fully saturated rings. The summed E-state index contributed by atoms with van der Waals surface area (Å²) in [6.45, 7) is 6.59. The molecule has 0 bridgehead atoms. The summed E-state index contributed by atoms with van der Waals surface area (Å²) in [7, 11) is 0. The van der Waals surface area contributed by atoms with Crippen molar-refractivity contribution in [2.45, 2.75) is 25.2 Å². The van der Waals surface area contributed by atoms with Crippen molar-refractivity contribution < 1.29 is 19.4 Å². The van der Waals surface area contributed by atoms with Gasteiger partial charge in [-0.25, -0.2) is 0 Å². The molecule has 6 heteroatoms. The van der Waals surface area contributed by atoms with Crippen LogP contribution in [0.2, 0.25) is 0 Å². The largest absolute Gasteiger partial charge is 0.480 e. The van der Waals surface area contributed by atoms with Crippen LogP contribution in [0.4, 0.5) is 0 Å². The number of carbonyl (C=O) groups is 1. The first-order valence-corrected chi connectivity index (χ1v) is 9.63. The van der Waals surface area contributed by atoms with Gasteiger partial charge in [-0.1, -0.05) is 49.1 Å². The summed E-state index contributed by atoms with van der Waals surface area (Å²) in [5, 5.41) is 13.1. The lowest BCUT2D eigenvalue weighted by Gasteiger charge is -2.30. The zero-order chi connectivity index (χ0) is 19.8. The third-order valence-corrected chi connectivity index (χ3v) is 4.82. The van der Waals surface area contributed by atoms with Gasteiger partial charge in [0.1, 0.15) is 12.4 Å². The van der Waals surface area contributed by atoms with Crippen LogP contribution >= 0.6 is 0 Å². The van der Waals surface area contributed by atoms with E-state index in [1.807, 2.05) is 6.07 Å². The van der Waals surface area contributed by atoms with E-state index in [1.54, 1.807) is 24.3 Å². The van der Waals surface area contributed by atoms with Gasteiger partial charge < -0.3 is 19.9 Å². The maximum Gasteiger partial charge on any atom is 0.263 e. The van der Waals surface area contributed by atoms with E-state index in [1.165, 1.54) is 11.1 Å². The molecule has 0 aromatic heterocycles. The minimum atomic E-state index is -0.703. The Kier molecular flexibility index (Phi) is 7.42. The summed E-state index contributed by atoms with van der Waals surface area (Å²) >= 11 is 0. The Hall–Kier alpha value is -2.41. The fourth-order valence-electron chi connectivity index (χ4n) is 3.38. The van der Waals surface area contributed by atoms with Crippen LogP contribution in [0.5, 0.6) is 0 Å². The fraction of sp³-hybridized carbons (Fsp3) is 0.409. The number of hydrogen-bond donors (Lipinski definition) is 2. The van der Waals surface area contributed by atoms with Crippen LogP contribution in [-0.4, -0.2) is 61.0 Å². The highest BCUT2D eigenvalue weighted by molar-refractivity contribution is 5.81. The Bertz CT molecular complexity index is 744. The van der Waals surface area contributed by atoms with Crippen molar-refractivity contribution in [2.24, 2.45) is 0 Å². The number of amides is 1. The predicted molar refractivity (Wildman–Crippen MR) is 108 cm³/mol. The summed E-state index contributed by atoms with van der Waals surface area (Å²) in [4.78, 5) is 14.5. The van der Waals surface area contributed by atoms with Crippen LogP contribution < -0.4 is 5.32 Å². The van der Waals surface area contributed by atoms with Gasteiger partial charge in [-0.15, -0.1) is 0 Å². The monoisotopic (exact) mass is 384 g/mol. The van der Waals surface area contributed by atoms with Crippen molar-refractivity contribution in [3.63, 3.8) is 0 Å². The van der Waals surface area contributed by atoms with Crippen LogP contribution in [0, 0.1) is 0 Å². The second-order valence-electron chi connectivity index (χ2n) is 7.03. The van der Waals surface area contributed by atoms with Crippen molar-refractivity contribution in [1.29, 1.82) is 0 Å². The number of β-amino-alcohol motifs (C(OH)–C–C–N with tert-alkyl or cyclic N) is 1. The van der Waals surface area contributed by atoms with Crippen molar-refractivity contribution in [3.05, 3.63) is 72.0 Å². The van der Waals surface area contributed by atoms with Gasteiger partial charge in [0.25, 0.3) is 5.91 Å². The molecule has 1 aromatic carbocycles. The lowest BCUT2D eigenvalue weighted by Crippen LogP contribution is -2.47. The molecule has 2 heterocycles. The molecule has 0 saturated carbocycles. The predicted octanol–water partition coefficient (Wildman–Crippen LogP) is 1.56. The van der Waals surface area contributed by atoms with Crippen molar-refractivity contribution >= 4 is 5.91 Å². The van der Waals surface area contributed by atoms with E-state index in [0.29, 0.717) is 18.9 Å². The number of aliphatic hydroxyl groups excluding tert-OH is 1. The van der Waals surface area contributed by atoms with Gasteiger partial charge in [-0.3, -0.25) is 9.69 Å². The molecule has 28 heavy (non-hydrogen) atoms. The number of fused-ring (bicyclic) bond motifs is 1. The number of allylic oxidation sites excluding steroid dienone is 4. The lowest BCUT2D eigenvalue weighted by molar-refractivity contribution is -0.139. The molecular formula is C22H28N2O4. The average Bonchev–Trinajstić information content (AvgIpc) is 2.72. The molecule has 0 radical (unpaired) electrons. The molecule has 1 unspecified atom stereocenters. The number of nitrogens with zero attached hydrogens (tertiary/aromatic N) is 1. The van der Waals surface area contributed by atoms with Crippen molar-refractivity contribution in [3.8, 4) is 0 Å². The molecule has 1 amide bonds. The van der Waals surface area contributed by atoms with E-state index >= 15 is 0 Å². The van der Waals surface area contributed by atoms with Gasteiger partial charge in [0, 0.05) is 26.2 Å². The number of aliphatic hydroxyl groups is 1. The van der Waals surface area contributed by atoms with Gasteiger partial charge in [0.05, 0.1) is 12.7 Å². The number of hydrogen-bond acceptors (Lipinski definition) is 5. The zero-order valence-electron chi connectivity index (χ0n) is 16.0. The van der Waals surface area contributed by atoms with Gasteiger partial charge in [0.2, 0.25) is 0 Å². The summed E-state index contributed by atoms with van der Waals surface area (Å²) < 4.78 is 11.1. The Morgan fingerprint density at radius 1 is 1.36 bits per heavy atom. The van der Waals surface area contributed by atoms with Crippen LogP contribution in [-0.2, 0) is 27.2 Å². The van der Waals surface area contributed by atoms with E-state index in [2.05, 4.69) is 35.0 Å². The highest BCUT2D eigenvalue weighted by Crippen LogP contribution is 2.18. The number of ether oxygens (including phenoxy) is 2. The Morgan fingerprint density at radius 3 is 3.00 bits per heavy atom. The van der Waals surface area contributed by atoms with Crippen molar-refractivity contribution in [2.75, 3.05) is 32.8 Å². The Morgan fingerprint density at radius 2 is 2.18 bits per heavy atom. The summed E-state index contributed by atoms with van der Waals surface area (Å²) in [5.41, 5.74) is 2.69. The second kappa shape index (κ2) is 10.2. The number of benzene rings is 1. The molecule has 2 aliphatic rings. The number of rotatable bonds is 7. The third-order valence-electron chi connectivity index (χ3n) is 4.82. The van der Waals surface area contributed by atoms with Crippen LogP contribution in [0.15, 0.2) is 60.9 Å². The van der Waals surface area contributed by atoms with E-state index in [0.717, 1.165) is 19.5 Å².